The van der Waals surface area contributed by atoms with Gasteiger partial charge in [-0.05, 0) is 41.8 Å². The van der Waals surface area contributed by atoms with Crippen molar-refractivity contribution in [1.82, 2.24) is 4.90 Å². The molecule has 0 radical (unpaired) electrons. The van der Waals surface area contributed by atoms with Crippen molar-refractivity contribution in [3.8, 4) is 5.75 Å². The zero-order chi connectivity index (χ0) is 15.9. The number of ether oxygens (including phenoxy) is 1. The van der Waals surface area contributed by atoms with Crippen molar-refractivity contribution in [1.29, 1.82) is 0 Å². The van der Waals surface area contributed by atoms with E-state index >= 15 is 0 Å². The molecule has 0 aliphatic rings. The number of carbonyl (C=O) groups excluding carboxylic acids is 1. The highest BCUT2D eigenvalue weighted by molar-refractivity contribution is 5.76. The molecule has 2 aromatic carbocycles. The van der Waals surface area contributed by atoms with Crippen molar-refractivity contribution >= 4 is 5.91 Å². The molecule has 0 bridgehead atoms. The molecule has 3 nitrogen and oxygen atoms in total. The molecule has 0 fully saturated rings. The largest absolute Gasteiger partial charge is 0.497 e. The van der Waals surface area contributed by atoms with Gasteiger partial charge in [0.25, 0.3) is 0 Å². The fourth-order valence-corrected chi connectivity index (χ4v) is 2.19. The molecule has 0 atom stereocenters. The molecule has 4 heteroatoms. The van der Waals surface area contributed by atoms with Gasteiger partial charge in [0.15, 0.2) is 0 Å². The number of benzene rings is 2. The predicted octanol–water partition coefficient (Wildman–Crippen LogP) is 3.43. The lowest BCUT2D eigenvalue weighted by atomic mass is 10.1. The van der Waals surface area contributed by atoms with E-state index in [-0.39, 0.29) is 11.7 Å². The Hall–Kier alpha value is -2.36. The van der Waals surface area contributed by atoms with E-state index in [1.807, 2.05) is 24.3 Å². The van der Waals surface area contributed by atoms with Gasteiger partial charge in [-0.2, -0.15) is 0 Å². The number of halogens is 1. The van der Waals surface area contributed by atoms with Gasteiger partial charge in [0.05, 0.1) is 7.11 Å². The lowest BCUT2D eigenvalue weighted by Crippen LogP contribution is -2.26. The van der Waals surface area contributed by atoms with E-state index < -0.39 is 0 Å². The summed E-state index contributed by atoms with van der Waals surface area (Å²) < 4.78 is 18.0. The van der Waals surface area contributed by atoms with Crippen LogP contribution in [0.3, 0.4) is 0 Å². The molecule has 0 saturated heterocycles. The average Bonchev–Trinajstić information content (AvgIpc) is 2.55. The minimum absolute atomic E-state index is 0.0696. The molecule has 0 N–H and O–H groups in total. The predicted molar refractivity (Wildman–Crippen MR) is 84.2 cm³/mol. The van der Waals surface area contributed by atoms with Gasteiger partial charge in [-0.3, -0.25) is 4.79 Å². The standard InChI is InChI=1S/C18H20FNO2/c1-20(13-15-3-8-16(19)9-4-15)18(21)12-7-14-5-10-17(22-2)11-6-14/h3-6,8-11H,7,12-13H2,1-2H3. The number of methoxy groups -OCH3 is 1. The van der Waals surface area contributed by atoms with Gasteiger partial charge < -0.3 is 9.64 Å². The van der Waals surface area contributed by atoms with E-state index in [9.17, 15) is 9.18 Å². The second-order valence-electron chi connectivity index (χ2n) is 5.22. The van der Waals surface area contributed by atoms with Crippen molar-refractivity contribution in [2.45, 2.75) is 19.4 Å². The van der Waals surface area contributed by atoms with Gasteiger partial charge in [0, 0.05) is 20.0 Å². The molecule has 1 amide bonds. The molecule has 0 aromatic heterocycles. The normalized spacial score (nSPS) is 10.3. The molecular formula is C18H20FNO2. The molecule has 22 heavy (non-hydrogen) atoms. The van der Waals surface area contributed by atoms with Gasteiger partial charge in [-0.1, -0.05) is 24.3 Å². The summed E-state index contributed by atoms with van der Waals surface area (Å²) in [4.78, 5) is 13.8. The van der Waals surface area contributed by atoms with Crippen LogP contribution in [0.25, 0.3) is 0 Å². The summed E-state index contributed by atoms with van der Waals surface area (Å²) >= 11 is 0. The average molecular weight is 301 g/mol. The quantitative estimate of drug-likeness (QED) is 0.818. The highest BCUT2D eigenvalue weighted by Crippen LogP contribution is 2.13. The van der Waals surface area contributed by atoms with Crippen LogP contribution in [0.2, 0.25) is 0 Å². The Morgan fingerprint density at radius 3 is 2.23 bits per heavy atom. The summed E-state index contributed by atoms with van der Waals surface area (Å²) in [6.45, 7) is 0.488. The van der Waals surface area contributed by atoms with Crippen LogP contribution in [0.4, 0.5) is 4.39 Å². The zero-order valence-corrected chi connectivity index (χ0v) is 12.9. The summed E-state index contributed by atoms with van der Waals surface area (Å²) in [5.74, 6) is 0.612. The summed E-state index contributed by atoms with van der Waals surface area (Å²) in [6, 6.07) is 13.9. The number of aryl methyl sites for hydroxylation is 1. The van der Waals surface area contributed by atoms with Crippen LogP contribution in [-0.4, -0.2) is 25.0 Å². The van der Waals surface area contributed by atoms with E-state index in [0.717, 1.165) is 16.9 Å². The maximum Gasteiger partial charge on any atom is 0.222 e. The first kappa shape index (κ1) is 16.0. The van der Waals surface area contributed by atoms with E-state index in [1.54, 1.807) is 31.2 Å². The maximum absolute atomic E-state index is 12.9. The molecule has 2 aromatic rings. The van der Waals surface area contributed by atoms with E-state index in [1.165, 1.54) is 12.1 Å². The first-order valence-electron chi connectivity index (χ1n) is 7.20. The molecule has 0 aliphatic carbocycles. The highest BCUT2D eigenvalue weighted by Gasteiger charge is 2.09. The lowest BCUT2D eigenvalue weighted by molar-refractivity contribution is -0.130. The Morgan fingerprint density at radius 2 is 1.64 bits per heavy atom. The fourth-order valence-electron chi connectivity index (χ4n) is 2.19. The first-order chi connectivity index (χ1) is 10.6. The Bertz CT molecular complexity index is 608. The third kappa shape index (κ3) is 4.58. The van der Waals surface area contributed by atoms with Crippen LogP contribution >= 0.6 is 0 Å². The SMILES string of the molecule is COc1ccc(CCC(=O)N(C)Cc2ccc(F)cc2)cc1. The molecule has 0 heterocycles. The molecule has 0 unspecified atom stereocenters. The Labute approximate surface area is 130 Å². The Balaban J connectivity index is 1.84. The maximum atomic E-state index is 12.9. The number of rotatable bonds is 6. The highest BCUT2D eigenvalue weighted by atomic mass is 19.1. The van der Waals surface area contributed by atoms with Crippen molar-refractivity contribution in [3.63, 3.8) is 0 Å². The fraction of sp³-hybridized carbons (Fsp3) is 0.278. The molecule has 0 saturated carbocycles. The summed E-state index contributed by atoms with van der Waals surface area (Å²) in [5.41, 5.74) is 2.02. The van der Waals surface area contributed by atoms with Crippen LogP contribution < -0.4 is 4.74 Å². The van der Waals surface area contributed by atoms with Crippen molar-refractivity contribution in [2.75, 3.05) is 14.2 Å². The number of hydrogen-bond donors (Lipinski definition) is 0. The van der Waals surface area contributed by atoms with Crippen molar-refractivity contribution in [3.05, 3.63) is 65.5 Å². The third-order valence-electron chi connectivity index (χ3n) is 3.55. The van der Waals surface area contributed by atoms with Gasteiger partial charge >= 0.3 is 0 Å². The number of hydrogen-bond acceptors (Lipinski definition) is 2. The number of carbonyl (C=O) groups is 1. The second kappa shape index (κ2) is 7.59. The first-order valence-corrected chi connectivity index (χ1v) is 7.20. The van der Waals surface area contributed by atoms with Gasteiger partial charge in [-0.15, -0.1) is 0 Å². The van der Waals surface area contributed by atoms with E-state index in [2.05, 4.69) is 0 Å². The summed E-state index contributed by atoms with van der Waals surface area (Å²) in [7, 11) is 3.39. The molecular weight excluding hydrogens is 281 g/mol. The lowest BCUT2D eigenvalue weighted by Gasteiger charge is -2.17. The third-order valence-corrected chi connectivity index (χ3v) is 3.55. The number of amides is 1. The second-order valence-corrected chi connectivity index (χ2v) is 5.22. The van der Waals surface area contributed by atoms with Crippen LogP contribution in [0.5, 0.6) is 5.75 Å². The minimum Gasteiger partial charge on any atom is -0.497 e. The summed E-state index contributed by atoms with van der Waals surface area (Å²) in [6.07, 6.45) is 1.14. The molecule has 2 rings (SSSR count). The topological polar surface area (TPSA) is 29.5 Å². The van der Waals surface area contributed by atoms with Crippen LogP contribution in [0.15, 0.2) is 48.5 Å². The summed E-state index contributed by atoms with van der Waals surface area (Å²) in [5, 5.41) is 0. The zero-order valence-electron chi connectivity index (χ0n) is 12.9. The molecule has 0 aliphatic heterocycles. The van der Waals surface area contributed by atoms with Crippen LogP contribution in [0.1, 0.15) is 17.5 Å². The molecule has 116 valence electrons. The van der Waals surface area contributed by atoms with Crippen LogP contribution in [-0.2, 0) is 17.8 Å². The van der Waals surface area contributed by atoms with Gasteiger partial charge in [-0.25, -0.2) is 4.39 Å². The smallest absolute Gasteiger partial charge is 0.222 e. The monoisotopic (exact) mass is 301 g/mol. The number of nitrogens with zero attached hydrogens (tertiary/aromatic N) is 1. The van der Waals surface area contributed by atoms with E-state index in [0.29, 0.717) is 19.4 Å². The van der Waals surface area contributed by atoms with E-state index in [4.69, 9.17) is 4.74 Å². The molecule has 0 spiro atoms. The Morgan fingerprint density at radius 1 is 1.05 bits per heavy atom. The van der Waals surface area contributed by atoms with Crippen molar-refractivity contribution in [2.24, 2.45) is 0 Å². The van der Waals surface area contributed by atoms with Gasteiger partial charge in [0.1, 0.15) is 11.6 Å². The van der Waals surface area contributed by atoms with Gasteiger partial charge in [0.2, 0.25) is 5.91 Å². The minimum atomic E-state index is -0.266. The Kier molecular flexibility index (Phi) is 5.53. The van der Waals surface area contributed by atoms with Crippen LogP contribution in [0, 0.1) is 5.82 Å². The van der Waals surface area contributed by atoms with Crippen molar-refractivity contribution < 1.29 is 13.9 Å².